The summed E-state index contributed by atoms with van der Waals surface area (Å²) in [5, 5.41) is 9.48. The maximum absolute atomic E-state index is 12.8. The fraction of sp³-hybridized carbons (Fsp3) is 0.278. The monoisotopic (exact) mass is 430 g/mol. The van der Waals surface area contributed by atoms with Crippen LogP contribution < -0.4 is 4.72 Å². The fourth-order valence-corrected chi connectivity index (χ4v) is 4.17. The lowest BCUT2D eigenvalue weighted by atomic mass is 10.2. The first-order valence-corrected chi connectivity index (χ1v) is 10.4. The van der Waals surface area contributed by atoms with E-state index in [-0.39, 0.29) is 34.3 Å². The highest BCUT2D eigenvalue weighted by atomic mass is 35.5. The third kappa shape index (κ3) is 5.13. The Morgan fingerprint density at radius 1 is 1.15 bits per heavy atom. The lowest BCUT2D eigenvalue weighted by Crippen LogP contribution is -2.33. The van der Waals surface area contributed by atoms with Crippen LogP contribution in [0.15, 0.2) is 41.3 Å². The first-order chi connectivity index (χ1) is 12.7. The molecule has 0 spiro atoms. The second kappa shape index (κ2) is 8.93. The number of aryl methyl sites for hydroxylation is 1. The van der Waals surface area contributed by atoms with Crippen molar-refractivity contribution in [1.29, 1.82) is 0 Å². The minimum Gasteiger partial charge on any atom is -0.395 e. The highest BCUT2D eigenvalue weighted by Gasteiger charge is 2.22. The molecule has 0 aliphatic rings. The van der Waals surface area contributed by atoms with Gasteiger partial charge in [-0.05, 0) is 49.7 Å². The number of halogens is 2. The molecule has 1 amide bonds. The van der Waals surface area contributed by atoms with Crippen LogP contribution in [-0.4, -0.2) is 44.0 Å². The van der Waals surface area contributed by atoms with Crippen molar-refractivity contribution in [2.24, 2.45) is 0 Å². The van der Waals surface area contributed by atoms with Crippen molar-refractivity contribution in [2.45, 2.75) is 18.7 Å². The predicted octanol–water partition coefficient (Wildman–Crippen LogP) is 3.56. The van der Waals surface area contributed by atoms with Crippen molar-refractivity contribution in [3.63, 3.8) is 0 Å². The van der Waals surface area contributed by atoms with Crippen molar-refractivity contribution < 1.29 is 18.3 Å². The number of carbonyl (C=O) groups excluding carboxylic acids is 1. The zero-order chi connectivity index (χ0) is 20.2. The Morgan fingerprint density at radius 2 is 1.85 bits per heavy atom. The van der Waals surface area contributed by atoms with E-state index < -0.39 is 15.9 Å². The summed E-state index contributed by atoms with van der Waals surface area (Å²) in [6, 6.07) is 8.81. The van der Waals surface area contributed by atoms with E-state index >= 15 is 0 Å². The number of carbonyl (C=O) groups is 1. The summed E-state index contributed by atoms with van der Waals surface area (Å²) in [6.45, 7) is 3.92. The largest absolute Gasteiger partial charge is 0.395 e. The van der Waals surface area contributed by atoms with E-state index in [1.807, 2.05) is 0 Å². The van der Waals surface area contributed by atoms with Gasteiger partial charge in [0.2, 0.25) is 0 Å². The molecule has 0 fully saturated rings. The number of sulfonamides is 1. The molecule has 2 rings (SSSR count). The van der Waals surface area contributed by atoms with E-state index in [1.54, 1.807) is 26.0 Å². The second-order valence-electron chi connectivity index (χ2n) is 5.82. The number of likely N-dealkylation sites (N-methyl/N-ethyl adjacent to an activating group) is 1. The van der Waals surface area contributed by atoms with Gasteiger partial charge in [-0.25, -0.2) is 8.42 Å². The molecule has 0 atom stereocenters. The minimum atomic E-state index is -4.04. The number of aliphatic hydroxyl groups is 1. The summed E-state index contributed by atoms with van der Waals surface area (Å²) in [5.74, 6) is -0.391. The van der Waals surface area contributed by atoms with Crippen molar-refractivity contribution in [3.8, 4) is 0 Å². The molecule has 2 aromatic carbocycles. The molecule has 0 aliphatic carbocycles. The number of aliphatic hydroxyl groups excluding tert-OH is 1. The predicted molar refractivity (Wildman–Crippen MR) is 107 cm³/mol. The minimum absolute atomic E-state index is 0.0116. The van der Waals surface area contributed by atoms with Crippen LogP contribution in [-0.2, 0) is 10.0 Å². The lowest BCUT2D eigenvalue weighted by Gasteiger charge is -2.20. The molecule has 2 aromatic rings. The Balaban J connectivity index is 2.38. The number of rotatable bonds is 7. The molecular formula is C18H20Cl2N2O4S. The van der Waals surface area contributed by atoms with Gasteiger partial charge < -0.3 is 10.0 Å². The molecule has 0 heterocycles. The van der Waals surface area contributed by atoms with Crippen molar-refractivity contribution in [1.82, 2.24) is 4.90 Å². The summed E-state index contributed by atoms with van der Waals surface area (Å²) in [4.78, 5) is 13.7. The highest BCUT2D eigenvalue weighted by Crippen LogP contribution is 2.27. The van der Waals surface area contributed by atoms with Crippen LogP contribution in [0, 0.1) is 6.92 Å². The average molecular weight is 431 g/mol. The molecule has 146 valence electrons. The molecule has 0 saturated carbocycles. The standard InChI is InChI=1S/C18H20Cl2N2O4S/c1-3-22(8-9-23)18(24)13-5-7-15(19)17(10-13)27(25,26)21-14-6-4-12(2)16(20)11-14/h4-7,10-11,21,23H,3,8-9H2,1-2H3. The third-order valence-electron chi connectivity index (χ3n) is 3.93. The van der Waals surface area contributed by atoms with Crippen LogP contribution in [0.4, 0.5) is 5.69 Å². The topological polar surface area (TPSA) is 86.7 Å². The quantitative estimate of drug-likeness (QED) is 0.702. The zero-order valence-corrected chi connectivity index (χ0v) is 17.2. The Kier molecular flexibility index (Phi) is 7.11. The summed E-state index contributed by atoms with van der Waals surface area (Å²) >= 11 is 12.1. The van der Waals surface area contributed by atoms with Crippen molar-refractivity contribution in [3.05, 3.63) is 57.6 Å². The molecule has 0 radical (unpaired) electrons. The van der Waals surface area contributed by atoms with Gasteiger partial charge in [0.05, 0.1) is 17.3 Å². The van der Waals surface area contributed by atoms with Gasteiger partial charge in [0.1, 0.15) is 4.90 Å². The first kappa shape index (κ1) is 21.5. The molecule has 6 nitrogen and oxygen atoms in total. The number of hydrogen-bond donors (Lipinski definition) is 2. The summed E-state index contributed by atoms with van der Waals surface area (Å²) in [7, 11) is -4.04. The Hall–Kier alpha value is -1.80. The first-order valence-electron chi connectivity index (χ1n) is 8.18. The zero-order valence-electron chi connectivity index (χ0n) is 14.9. The molecular weight excluding hydrogens is 411 g/mol. The van der Waals surface area contributed by atoms with Gasteiger partial charge in [0, 0.05) is 23.7 Å². The van der Waals surface area contributed by atoms with Gasteiger partial charge >= 0.3 is 0 Å². The number of benzene rings is 2. The average Bonchev–Trinajstić information content (AvgIpc) is 2.62. The lowest BCUT2D eigenvalue weighted by molar-refractivity contribution is 0.0731. The molecule has 9 heteroatoms. The Labute approximate surface area is 168 Å². The van der Waals surface area contributed by atoms with Crippen LogP contribution in [0.3, 0.4) is 0 Å². The Bertz CT molecular complexity index is 948. The van der Waals surface area contributed by atoms with Crippen LogP contribution in [0.25, 0.3) is 0 Å². The van der Waals surface area contributed by atoms with Gasteiger partial charge in [-0.1, -0.05) is 29.3 Å². The van der Waals surface area contributed by atoms with E-state index in [2.05, 4.69) is 4.72 Å². The maximum Gasteiger partial charge on any atom is 0.263 e. The van der Waals surface area contributed by atoms with Crippen molar-refractivity contribution >= 4 is 44.8 Å². The summed E-state index contributed by atoms with van der Waals surface area (Å²) in [6.07, 6.45) is 0. The Morgan fingerprint density at radius 3 is 2.44 bits per heavy atom. The number of hydrogen-bond acceptors (Lipinski definition) is 4. The highest BCUT2D eigenvalue weighted by molar-refractivity contribution is 7.92. The van der Waals surface area contributed by atoms with Crippen LogP contribution in [0.5, 0.6) is 0 Å². The van der Waals surface area contributed by atoms with E-state index in [0.29, 0.717) is 11.6 Å². The van der Waals surface area contributed by atoms with E-state index in [9.17, 15) is 13.2 Å². The van der Waals surface area contributed by atoms with E-state index in [0.717, 1.165) is 5.56 Å². The van der Waals surface area contributed by atoms with Crippen molar-refractivity contribution in [2.75, 3.05) is 24.4 Å². The molecule has 27 heavy (non-hydrogen) atoms. The SMILES string of the molecule is CCN(CCO)C(=O)c1ccc(Cl)c(S(=O)(=O)Nc2ccc(C)c(Cl)c2)c1. The summed E-state index contributed by atoms with van der Waals surface area (Å²) < 4.78 is 27.9. The maximum atomic E-state index is 12.8. The number of amides is 1. The van der Waals surface area contributed by atoms with Gasteiger partial charge in [0.25, 0.3) is 15.9 Å². The van der Waals surface area contributed by atoms with E-state index in [1.165, 1.54) is 29.2 Å². The van der Waals surface area contributed by atoms with Crippen LogP contribution >= 0.6 is 23.2 Å². The van der Waals surface area contributed by atoms with E-state index in [4.69, 9.17) is 28.3 Å². The molecule has 2 N–H and O–H groups in total. The number of nitrogens with zero attached hydrogens (tertiary/aromatic N) is 1. The molecule has 0 unspecified atom stereocenters. The smallest absolute Gasteiger partial charge is 0.263 e. The van der Waals surface area contributed by atoms with Gasteiger partial charge in [-0.2, -0.15) is 0 Å². The normalized spacial score (nSPS) is 11.3. The fourth-order valence-electron chi connectivity index (χ4n) is 2.42. The molecule has 0 aliphatic heterocycles. The van der Waals surface area contributed by atoms with Gasteiger partial charge in [-0.3, -0.25) is 9.52 Å². The molecule has 0 saturated heterocycles. The number of anilines is 1. The van der Waals surface area contributed by atoms with Crippen LogP contribution in [0.2, 0.25) is 10.0 Å². The van der Waals surface area contributed by atoms with Crippen LogP contribution in [0.1, 0.15) is 22.8 Å². The third-order valence-corrected chi connectivity index (χ3v) is 6.20. The molecule has 0 bridgehead atoms. The second-order valence-corrected chi connectivity index (χ2v) is 8.29. The number of nitrogens with one attached hydrogen (secondary N) is 1. The van der Waals surface area contributed by atoms with Gasteiger partial charge in [0.15, 0.2) is 0 Å². The molecule has 0 aromatic heterocycles. The summed E-state index contributed by atoms with van der Waals surface area (Å²) in [5.41, 5.74) is 1.26. The van der Waals surface area contributed by atoms with Gasteiger partial charge in [-0.15, -0.1) is 0 Å².